The van der Waals surface area contributed by atoms with E-state index in [9.17, 15) is 30.6 Å². The quantitative estimate of drug-likeness (QED) is 0.255. The molecule has 10 heteroatoms. The molecule has 2 aliphatic rings. The summed E-state index contributed by atoms with van der Waals surface area (Å²) in [5.41, 5.74) is 0.875. The summed E-state index contributed by atoms with van der Waals surface area (Å²) in [5, 5.41) is 58.9. The van der Waals surface area contributed by atoms with Crippen LogP contribution in [0.3, 0.4) is 0 Å². The first-order valence-corrected chi connectivity index (χ1v) is 8.45. The zero-order valence-electron chi connectivity index (χ0n) is 14.5. The van der Waals surface area contributed by atoms with Gasteiger partial charge in [-0.2, -0.15) is 0 Å². The predicted molar refractivity (Wildman–Crippen MR) is 85.8 cm³/mol. The minimum Gasteiger partial charge on any atom is -0.388 e. The zero-order chi connectivity index (χ0) is 19.4. The molecule has 0 bridgehead atoms. The van der Waals surface area contributed by atoms with Crippen molar-refractivity contribution < 1.29 is 49.6 Å². The first-order chi connectivity index (χ1) is 12.2. The second kappa shape index (κ2) is 9.51. The molecular weight excluding hydrogens is 352 g/mol. The maximum absolute atomic E-state index is 10.1. The van der Waals surface area contributed by atoms with Crippen molar-refractivity contribution in [2.24, 2.45) is 0 Å². The van der Waals surface area contributed by atoms with E-state index in [4.69, 9.17) is 18.9 Å². The smallest absolute Gasteiger partial charge is 0.186 e. The molecule has 2 rings (SSSR count). The molecule has 9 atom stereocenters. The topological polar surface area (TPSA) is 158 Å². The summed E-state index contributed by atoms with van der Waals surface area (Å²) in [6.45, 7) is 5.22. The first-order valence-electron chi connectivity index (χ1n) is 8.45. The summed E-state index contributed by atoms with van der Waals surface area (Å²) in [6.07, 6.45) is -11.5. The second-order valence-electron chi connectivity index (χ2n) is 6.68. The molecule has 26 heavy (non-hydrogen) atoms. The van der Waals surface area contributed by atoms with Crippen LogP contribution in [0, 0.1) is 0 Å². The van der Waals surface area contributed by atoms with Gasteiger partial charge in [0, 0.05) is 0 Å². The standard InChI is InChI=1S/C16H28O10/c1-7(2)3-4-23-16-14(22)12(20)11(19)9(26-16)6-25-15-13(21)10(18)8(17)5-24-15/h8-22H,1,3-6H2,2H3/t8-,9-,10+,11-,12+,13-,14-,15+,16-/m1/s1. The second-order valence-corrected chi connectivity index (χ2v) is 6.68. The highest BCUT2D eigenvalue weighted by Gasteiger charge is 2.45. The summed E-state index contributed by atoms with van der Waals surface area (Å²) in [6, 6.07) is 0. The Hall–Kier alpha value is -0.660. The molecule has 2 heterocycles. The number of rotatable bonds is 7. The Morgan fingerprint density at radius 2 is 1.58 bits per heavy atom. The Morgan fingerprint density at radius 1 is 0.923 bits per heavy atom. The van der Waals surface area contributed by atoms with E-state index >= 15 is 0 Å². The van der Waals surface area contributed by atoms with Gasteiger partial charge in [-0.05, 0) is 13.3 Å². The van der Waals surface area contributed by atoms with Gasteiger partial charge in [0.05, 0.1) is 19.8 Å². The van der Waals surface area contributed by atoms with E-state index in [1.165, 1.54) is 0 Å². The Kier molecular flexibility index (Phi) is 7.91. The van der Waals surface area contributed by atoms with Crippen LogP contribution >= 0.6 is 0 Å². The van der Waals surface area contributed by atoms with Crippen LogP contribution < -0.4 is 0 Å². The van der Waals surface area contributed by atoms with Gasteiger partial charge in [-0.3, -0.25) is 0 Å². The third-order valence-corrected chi connectivity index (χ3v) is 4.36. The lowest BCUT2D eigenvalue weighted by Gasteiger charge is -2.41. The van der Waals surface area contributed by atoms with E-state index in [1.807, 2.05) is 6.92 Å². The van der Waals surface area contributed by atoms with E-state index < -0.39 is 55.3 Å². The number of hydrogen-bond acceptors (Lipinski definition) is 10. The number of aliphatic hydroxyl groups is 6. The largest absolute Gasteiger partial charge is 0.388 e. The fraction of sp³-hybridized carbons (Fsp3) is 0.875. The van der Waals surface area contributed by atoms with Crippen molar-refractivity contribution in [2.45, 2.75) is 68.7 Å². The minimum absolute atomic E-state index is 0.210. The minimum atomic E-state index is -1.52. The van der Waals surface area contributed by atoms with Gasteiger partial charge in [0.2, 0.25) is 0 Å². The van der Waals surface area contributed by atoms with Crippen LogP contribution in [0.25, 0.3) is 0 Å². The molecule has 152 valence electrons. The van der Waals surface area contributed by atoms with E-state index in [1.54, 1.807) is 0 Å². The number of ether oxygens (including phenoxy) is 4. The van der Waals surface area contributed by atoms with Crippen LogP contribution in [0.4, 0.5) is 0 Å². The Morgan fingerprint density at radius 3 is 2.23 bits per heavy atom. The molecule has 0 amide bonds. The van der Waals surface area contributed by atoms with Gasteiger partial charge < -0.3 is 49.6 Å². The molecule has 2 fully saturated rings. The van der Waals surface area contributed by atoms with Crippen LogP contribution in [-0.2, 0) is 18.9 Å². The van der Waals surface area contributed by atoms with Crippen LogP contribution in [0.2, 0.25) is 0 Å². The van der Waals surface area contributed by atoms with Gasteiger partial charge in [0.15, 0.2) is 12.6 Å². The molecule has 2 aliphatic heterocycles. The zero-order valence-corrected chi connectivity index (χ0v) is 14.5. The summed E-state index contributed by atoms with van der Waals surface area (Å²) >= 11 is 0. The molecule has 0 saturated carbocycles. The molecular formula is C16H28O10. The third-order valence-electron chi connectivity index (χ3n) is 4.36. The summed E-state index contributed by atoms with van der Waals surface area (Å²) in [7, 11) is 0. The summed E-state index contributed by atoms with van der Waals surface area (Å²) < 4.78 is 21.2. The van der Waals surface area contributed by atoms with Gasteiger partial charge in [-0.15, -0.1) is 6.58 Å². The molecule has 0 aromatic heterocycles. The molecule has 10 nitrogen and oxygen atoms in total. The molecule has 0 aliphatic carbocycles. The van der Waals surface area contributed by atoms with Crippen LogP contribution in [0.15, 0.2) is 12.2 Å². The average molecular weight is 380 g/mol. The molecule has 0 spiro atoms. The van der Waals surface area contributed by atoms with E-state index in [2.05, 4.69) is 6.58 Å². The lowest BCUT2D eigenvalue weighted by Crippen LogP contribution is -2.60. The van der Waals surface area contributed by atoms with Gasteiger partial charge in [0.25, 0.3) is 0 Å². The molecule has 0 aromatic rings. The van der Waals surface area contributed by atoms with Crippen molar-refractivity contribution in [1.29, 1.82) is 0 Å². The van der Waals surface area contributed by atoms with Crippen LogP contribution in [0.5, 0.6) is 0 Å². The fourth-order valence-corrected chi connectivity index (χ4v) is 2.66. The van der Waals surface area contributed by atoms with Gasteiger partial charge in [-0.25, -0.2) is 0 Å². The highest BCUT2D eigenvalue weighted by Crippen LogP contribution is 2.24. The van der Waals surface area contributed by atoms with Gasteiger partial charge in [-0.1, -0.05) is 5.57 Å². The van der Waals surface area contributed by atoms with Crippen LogP contribution in [-0.4, -0.2) is 106 Å². The van der Waals surface area contributed by atoms with Crippen molar-refractivity contribution in [3.05, 3.63) is 12.2 Å². The number of hydrogen-bond donors (Lipinski definition) is 6. The van der Waals surface area contributed by atoms with Crippen molar-refractivity contribution in [1.82, 2.24) is 0 Å². The van der Waals surface area contributed by atoms with Crippen molar-refractivity contribution in [3.8, 4) is 0 Å². The van der Waals surface area contributed by atoms with Crippen LogP contribution in [0.1, 0.15) is 13.3 Å². The van der Waals surface area contributed by atoms with Gasteiger partial charge in [0.1, 0.15) is 42.7 Å². The summed E-state index contributed by atoms with van der Waals surface area (Å²) in [4.78, 5) is 0. The first kappa shape index (κ1) is 21.6. The summed E-state index contributed by atoms with van der Waals surface area (Å²) in [5.74, 6) is 0. The third kappa shape index (κ3) is 5.20. The van der Waals surface area contributed by atoms with E-state index in [-0.39, 0.29) is 19.8 Å². The molecule has 0 aromatic carbocycles. The van der Waals surface area contributed by atoms with Crippen molar-refractivity contribution in [2.75, 3.05) is 19.8 Å². The van der Waals surface area contributed by atoms with Gasteiger partial charge >= 0.3 is 0 Å². The lowest BCUT2D eigenvalue weighted by molar-refractivity contribution is -0.320. The maximum Gasteiger partial charge on any atom is 0.186 e. The highest BCUT2D eigenvalue weighted by atomic mass is 16.7. The Bertz CT molecular complexity index is 460. The van der Waals surface area contributed by atoms with E-state index in [0.29, 0.717) is 6.42 Å². The Balaban J connectivity index is 1.89. The van der Waals surface area contributed by atoms with Crippen molar-refractivity contribution >= 4 is 0 Å². The normalized spacial score (nSPS) is 44.0. The molecule has 0 unspecified atom stereocenters. The lowest BCUT2D eigenvalue weighted by atomic mass is 9.99. The van der Waals surface area contributed by atoms with Crippen molar-refractivity contribution in [3.63, 3.8) is 0 Å². The van der Waals surface area contributed by atoms with E-state index in [0.717, 1.165) is 5.57 Å². The molecule has 2 saturated heterocycles. The SMILES string of the molecule is C=C(C)CCO[C@@H]1O[C@H](CO[C@@H]2OC[C@@H](O)[C@H](O)[C@H]2O)[C@@H](O)[C@H](O)[C@H]1O. The highest BCUT2D eigenvalue weighted by molar-refractivity contribution is 4.91. The monoisotopic (exact) mass is 380 g/mol. The molecule has 0 radical (unpaired) electrons. The predicted octanol–water partition coefficient (Wildman–Crippen LogP) is -2.77. The number of aliphatic hydroxyl groups excluding tert-OH is 6. The average Bonchev–Trinajstić information content (AvgIpc) is 2.60. The molecule has 6 N–H and O–H groups in total. The maximum atomic E-state index is 10.1. The fourth-order valence-electron chi connectivity index (χ4n) is 2.66. The Labute approximate surface area is 151 Å².